The minimum atomic E-state index is 0.944. The maximum Gasteiger partial charge on any atom is 0.140 e. The lowest BCUT2D eigenvalue weighted by molar-refractivity contribution is 0.953. The molecule has 74 valence electrons. The van der Waals surface area contributed by atoms with Crippen LogP contribution in [-0.4, -0.2) is 28.9 Å². The van der Waals surface area contributed by atoms with Gasteiger partial charge in [0.25, 0.3) is 0 Å². The Morgan fingerprint density at radius 1 is 1.50 bits per heavy atom. The lowest BCUT2D eigenvalue weighted by atomic mass is 10.3. The highest BCUT2D eigenvalue weighted by molar-refractivity contribution is 9.09. The fourth-order valence-electron chi connectivity index (χ4n) is 1.31. The highest BCUT2D eigenvalue weighted by atomic mass is 79.9. The molecule has 0 saturated heterocycles. The van der Waals surface area contributed by atoms with Crippen molar-refractivity contribution in [2.24, 2.45) is 0 Å². The highest BCUT2D eigenvalue weighted by Gasteiger charge is 2.07. The Bertz CT molecular complexity index is 429. The van der Waals surface area contributed by atoms with Crippen LogP contribution in [0.1, 0.15) is 0 Å². The summed E-state index contributed by atoms with van der Waals surface area (Å²) < 4.78 is 0. The topological polar surface area (TPSA) is 29.0 Å². The highest BCUT2D eigenvalue weighted by Crippen LogP contribution is 2.25. The molecule has 0 aromatic carbocycles. The number of fused-ring (bicyclic) bond motifs is 1. The van der Waals surface area contributed by atoms with Crippen LogP contribution >= 0.6 is 27.3 Å². The van der Waals surface area contributed by atoms with Gasteiger partial charge in [0.15, 0.2) is 0 Å². The predicted molar refractivity (Wildman–Crippen MR) is 64.5 cm³/mol. The van der Waals surface area contributed by atoms with Gasteiger partial charge in [0.1, 0.15) is 17.0 Å². The summed E-state index contributed by atoms with van der Waals surface area (Å²) in [6, 6.07) is 2.07. The van der Waals surface area contributed by atoms with Gasteiger partial charge in [0.05, 0.1) is 5.39 Å². The van der Waals surface area contributed by atoms with Crippen LogP contribution in [0.15, 0.2) is 17.8 Å². The van der Waals surface area contributed by atoms with Crippen LogP contribution in [0.5, 0.6) is 0 Å². The first kappa shape index (κ1) is 9.86. The van der Waals surface area contributed by atoms with E-state index >= 15 is 0 Å². The SMILES string of the molecule is CN(CCBr)c1ncnc2sccc12. The molecule has 0 radical (unpaired) electrons. The number of rotatable bonds is 3. The molecule has 0 atom stereocenters. The molecule has 5 heteroatoms. The van der Waals surface area contributed by atoms with Crippen molar-refractivity contribution >= 4 is 43.3 Å². The number of alkyl halides is 1. The molecule has 0 aliphatic rings. The van der Waals surface area contributed by atoms with Crippen molar-refractivity contribution in [3.63, 3.8) is 0 Å². The van der Waals surface area contributed by atoms with Gasteiger partial charge >= 0.3 is 0 Å². The van der Waals surface area contributed by atoms with Crippen LogP contribution in [-0.2, 0) is 0 Å². The number of thiophene rings is 1. The van der Waals surface area contributed by atoms with Gasteiger partial charge in [0, 0.05) is 18.9 Å². The Morgan fingerprint density at radius 2 is 2.36 bits per heavy atom. The van der Waals surface area contributed by atoms with E-state index in [9.17, 15) is 0 Å². The second kappa shape index (κ2) is 4.23. The first-order valence-corrected chi connectivity index (χ1v) is 6.28. The molecule has 0 amide bonds. The van der Waals surface area contributed by atoms with E-state index in [2.05, 4.69) is 36.9 Å². The van der Waals surface area contributed by atoms with E-state index in [1.54, 1.807) is 17.7 Å². The maximum absolute atomic E-state index is 4.30. The predicted octanol–water partition coefficient (Wildman–Crippen LogP) is 2.52. The molecule has 0 saturated carbocycles. The molecule has 0 aliphatic carbocycles. The molecule has 0 spiro atoms. The number of hydrogen-bond acceptors (Lipinski definition) is 4. The number of aromatic nitrogens is 2. The van der Waals surface area contributed by atoms with Gasteiger partial charge in [-0.15, -0.1) is 11.3 Å². The summed E-state index contributed by atoms with van der Waals surface area (Å²) in [6.45, 7) is 0.946. The van der Waals surface area contributed by atoms with Crippen LogP contribution in [0.2, 0.25) is 0 Å². The van der Waals surface area contributed by atoms with Gasteiger partial charge in [-0.05, 0) is 11.4 Å². The molecule has 0 fully saturated rings. The zero-order valence-corrected chi connectivity index (χ0v) is 10.2. The monoisotopic (exact) mass is 271 g/mol. The van der Waals surface area contributed by atoms with Gasteiger partial charge in [0.2, 0.25) is 0 Å². The zero-order valence-electron chi connectivity index (χ0n) is 7.77. The van der Waals surface area contributed by atoms with Crippen LogP contribution in [0.4, 0.5) is 5.82 Å². The van der Waals surface area contributed by atoms with Crippen molar-refractivity contribution in [2.45, 2.75) is 0 Å². The largest absolute Gasteiger partial charge is 0.358 e. The molecular weight excluding hydrogens is 262 g/mol. The van der Waals surface area contributed by atoms with Crippen LogP contribution in [0.25, 0.3) is 10.2 Å². The summed E-state index contributed by atoms with van der Waals surface area (Å²) >= 11 is 5.07. The smallest absolute Gasteiger partial charge is 0.140 e. The average molecular weight is 272 g/mol. The summed E-state index contributed by atoms with van der Waals surface area (Å²) in [5.74, 6) is 1.01. The summed E-state index contributed by atoms with van der Waals surface area (Å²) in [4.78, 5) is 11.7. The minimum Gasteiger partial charge on any atom is -0.358 e. The Morgan fingerprint density at radius 3 is 3.14 bits per heavy atom. The number of halogens is 1. The van der Waals surface area contributed by atoms with Crippen molar-refractivity contribution in [1.82, 2.24) is 9.97 Å². The average Bonchev–Trinajstić information content (AvgIpc) is 2.65. The van der Waals surface area contributed by atoms with Crippen molar-refractivity contribution in [2.75, 3.05) is 23.8 Å². The maximum atomic E-state index is 4.30. The molecule has 0 aliphatic heterocycles. The third kappa shape index (κ3) is 1.74. The molecule has 2 aromatic rings. The standard InChI is InChI=1S/C9H10BrN3S/c1-13(4-3-10)8-7-2-5-14-9(7)12-6-11-8/h2,5-6H,3-4H2,1H3. The van der Waals surface area contributed by atoms with E-state index in [0.717, 1.165) is 27.9 Å². The summed E-state index contributed by atoms with van der Waals surface area (Å²) in [7, 11) is 2.04. The Labute approximate surface area is 94.9 Å². The number of hydrogen-bond donors (Lipinski definition) is 0. The second-order valence-electron chi connectivity index (χ2n) is 2.95. The Balaban J connectivity index is 2.45. The van der Waals surface area contributed by atoms with E-state index in [1.165, 1.54) is 0 Å². The molecule has 0 bridgehead atoms. The van der Waals surface area contributed by atoms with Crippen molar-refractivity contribution < 1.29 is 0 Å². The lowest BCUT2D eigenvalue weighted by Gasteiger charge is -2.16. The first-order valence-electron chi connectivity index (χ1n) is 4.28. The van der Waals surface area contributed by atoms with Crippen LogP contribution in [0.3, 0.4) is 0 Å². The van der Waals surface area contributed by atoms with Gasteiger partial charge < -0.3 is 4.90 Å². The number of anilines is 1. The third-order valence-electron chi connectivity index (χ3n) is 2.02. The third-order valence-corrected chi connectivity index (χ3v) is 3.20. The van der Waals surface area contributed by atoms with E-state index < -0.39 is 0 Å². The van der Waals surface area contributed by atoms with E-state index in [1.807, 2.05) is 12.4 Å². The quantitative estimate of drug-likeness (QED) is 0.804. The normalized spacial score (nSPS) is 10.7. The summed E-state index contributed by atoms with van der Waals surface area (Å²) in [5, 5.41) is 4.13. The minimum absolute atomic E-state index is 0.944. The fourth-order valence-corrected chi connectivity index (χ4v) is 2.57. The van der Waals surface area contributed by atoms with Gasteiger partial charge in [-0.2, -0.15) is 0 Å². The Hall–Kier alpha value is -0.680. The zero-order chi connectivity index (χ0) is 9.97. The van der Waals surface area contributed by atoms with Crippen molar-refractivity contribution in [3.8, 4) is 0 Å². The molecular formula is C9H10BrN3S. The first-order chi connectivity index (χ1) is 6.83. The van der Waals surface area contributed by atoms with Gasteiger partial charge in [-0.3, -0.25) is 0 Å². The van der Waals surface area contributed by atoms with Crippen molar-refractivity contribution in [3.05, 3.63) is 17.8 Å². The van der Waals surface area contributed by atoms with E-state index in [0.29, 0.717) is 0 Å². The van der Waals surface area contributed by atoms with Gasteiger partial charge in [-0.1, -0.05) is 15.9 Å². The molecule has 0 N–H and O–H groups in total. The molecule has 2 aromatic heterocycles. The molecule has 0 unspecified atom stereocenters. The fraction of sp³-hybridized carbons (Fsp3) is 0.333. The summed E-state index contributed by atoms with van der Waals surface area (Å²) in [6.07, 6.45) is 1.62. The molecule has 3 nitrogen and oxygen atoms in total. The van der Waals surface area contributed by atoms with E-state index in [-0.39, 0.29) is 0 Å². The lowest BCUT2D eigenvalue weighted by Crippen LogP contribution is -2.20. The van der Waals surface area contributed by atoms with Crippen molar-refractivity contribution in [1.29, 1.82) is 0 Å². The summed E-state index contributed by atoms with van der Waals surface area (Å²) in [5.41, 5.74) is 0. The van der Waals surface area contributed by atoms with Gasteiger partial charge in [-0.25, -0.2) is 9.97 Å². The molecule has 2 rings (SSSR count). The second-order valence-corrected chi connectivity index (χ2v) is 4.63. The Kier molecular flexibility index (Phi) is 2.98. The van der Waals surface area contributed by atoms with E-state index in [4.69, 9.17) is 0 Å². The number of nitrogens with zero attached hydrogens (tertiary/aromatic N) is 3. The van der Waals surface area contributed by atoms with Crippen LogP contribution in [0, 0.1) is 0 Å². The molecule has 2 heterocycles. The van der Waals surface area contributed by atoms with Crippen LogP contribution < -0.4 is 4.90 Å². The molecule has 14 heavy (non-hydrogen) atoms.